The third kappa shape index (κ3) is 2.62. The number of fused-ring (bicyclic) bond motifs is 1. The molecule has 0 bridgehead atoms. The smallest absolute Gasteiger partial charge is 0.162 e. The van der Waals surface area contributed by atoms with E-state index in [2.05, 4.69) is 9.97 Å². The molecule has 0 N–H and O–H groups in total. The number of hydrogen-bond acceptors (Lipinski definition) is 5. The zero-order chi connectivity index (χ0) is 14.8. The van der Waals surface area contributed by atoms with E-state index in [4.69, 9.17) is 9.47 Å². The summed E-state index contributed by atoms with van der Waals surface area (Å²) in [5.74, 6) is 2.30. The Hall–Kier alpha value is -2.34. The summed E-state index contributed by atoms with van der Waals surface area (Å²) in [7, 11) is 5.21. The van der Waals surface area contributed by atoms with Crippen LogP contribution in [-0.4, -0.2) is 28.8 Å². The Kier molecular flexibility index (Phi) is 3.62. The molecule has 3 rings (SSSR count). The van der Waals surface area contributed by atoms with E-state index in [1.165, 1.54) is 0 Å². The molecule has 0 radical (unpaired) electrons. The molecular weight excluding hydrogens is 286 g/mol. The molecule has 0 aliphatic heterocycles. The summed E-state index contributed by atoms with van der Waals surface area (Å²) in [5.41, 5.74) is 0.900. The number of rotatable bonds is 4. The summed E-state index contributed by atoms with van der Waals surface area (Å²) in [5, 5.41) is 0.920. The first kappa shape index (κ1) is 13.6. The Balaban J connectivity index is 1.97. The molecule has 2 aromatic heterocycles. The summed E-state index contributed by atoms with van der Waals surface area (Å²) in [6.45, 7) is 0. The topological polar surface area (TPSA) is 49.2 Å². The number of aryl methyl sites for hydroxylation is 1. The minimum Gasteiger partial charge on any atom is -0.493 e. The maximum absolute atomic E-state index is 5.31. The maximum atomic E-state index is 5.31. The largest absolute Gasteiger partial charge is 0.493 e. The van der Waals surface area contributed by atoms with Crippen LogP contribution >= 0.6 is 11.3 Å². The van der Waals surface area contributed by atoms with Gasteiger partial charge in [0.1, 0.15) is 10.8 Å². The first-order valence-electron chi connectivity index (χ1n) is 6.39. The van der Waals surface area contributed by atoms with E-state index < -0.39 is 0 Å². The van der Waals surface area contributed by atoms with E-state index in [0.29, 0.717) is 11.5 Å². The number of ether oxygens (including phenoxy) is 2. The average molecular weight is 301 g/mol. The van der Waals surface area contributed by atoms with Gasteiger partial charge < -0.3 is 14.0 Å². The van der Waals surface area contributed by atoms with E-state index in [-0.39, 0.29) is 0 Å². The fourth-order valence-corrected chi connectivity index (χ4v) is 2.91. The van der Waals surface area contributed by atoms with Crippen LogP contribution in [0, 0.1) is 0 Å². The molecule has 0 saturated heterocycles. The quantitative estimate of drug-likeness (QED) is 0.742. The lowest BCUT2D eigenvalue weighted by Crippen LogP contribution is -1.89. The van der Waals surface area contributed by atoms with Crippen molar-refractivity contribution in [2.45, 2.75) is 0 Å². The van der Waals surface area contributed by atoms with Gasteiger partial charge >= 0.3 is 0 Å². The Morgan fingerprint density at radius 1 is 1.14 bits per heavy atom. The van der Waals surface area contributed by atoms with Crippen molar-refractivity contribution in [3.63, 3.8) is 0 Å². The molecular formula is C15H15N3O2S. The molecule has 0 unspecified atom stereocenters. The molecule has 6 heteroatoms. The van der Waals surface area contributed by atoms with Gasteiger partial charge in [-0.05, 0) is 12.2 Å². The maximum Gasteiger partial charge on any atom is 0.162 e. The third-order valence-corrected chi connectivity index (χ3v) is 4.13. The van der Waals surface area contributed by atoms with Crippen molar-refractivity contribution in [2.75, 3.05) is 14.2 Å². The van der Waals surface area contributed by atoms with Crippen LogP contribution in [0.25, 0.3) is 22.4 Å². The number of hydrogen-bond donors (Lipinski definition) is 0. The van der Waals surface area contributed by atoms with Crippen molar-refractivity contribution in [2.24, 2.45) is 7.05 Å². The van der Waals surface area contributed by atoms with E-state index in [0.717, 1.165) is 21.0 Å². The summed E-state index contributed by atoms with van der Waals surface area (Å²) in [6, 6.07) is 3.84. The van der Waals surface area contributed by atoms with Gasteiger partial charge in [0.2, 0.25) is 0 Å². The van der Waals surface area contributed by atoms with Gasteiger partial charge in [0.15, 0.2) is 11.5 Å². The molecule has 21 heavy (non-hydrogen) atoms. The van der Waals surface area contributed by atoms with Gasteiger partial charge in [-0.3, -0.25) is 0 Å². The van der Waals surface area contributed by atoms with Gasteiger partial charge in [0.25, 0.3) is 0 Å². The lowest BCUT2D eigenvalue weighted by Gasteiger charge is -2.05. The number of thiazole rings is 1. The van der Waals surface area contributed by atoms with Crippen LogP contribution in [0.2, 0.25) is 0 Å². The molecule has 0 spiro atoms. The normalized spacial score (nSPS) is 11.4. The zero-order valence-electron chi connectivity index (χ0n) is 12.0. The molecule has 0 aliphatic rings. The fourth-order valence-electron chi connectivity index (χ4n) is 2.03. The summed E-state index contributed by atoms with van der Waals surface area (Å²) >= 11 is 1.60. The van der Waals surface area contributed by atoms with Crippen LogP contribution in [0.3, 0.4) is 0 Å². The van der Waals surface area contributed by atoms with Crippen molar-refractivity contribution in [3.8, 4) is 11.5 Å². The number of nitrogens with zero attached hydrogens (tertiary/aromatic N) is 3. The van der Waals surface area contributed by atoms with Gasteiger partial charge in [-0.2, -0.15) is 0 Å². The fraction of sp³-hybridized carbons (Fsp3) is 0.200. The van der Waals surface area contributed by atoms with Crippen LogP contribution in [0.4, 0.5) is 0 Å². The molecule has 0 fully saturated rings. The first-order valence-corrected chi connectivity index (χ1v) is 7.21. The highest BCUT2D eigenvalue weighted by Gasteiger charge is 2.09. The Morgan fingerprint density at radius 3 is 2.57 bits per heavy atom. The number of methoxy groups -OCH3 is 2. The molecule has 0 atom stereocenters. The summed E-state index contributed by atoms with van der Waals surface area (Å²) in [6.07, 6.45) is 7.60. The van der Waals surface area contributed by atoms with E-state index in [9.17, 15) is 0 Å². The number of imidazole rings is 1. The first-order chi connectivity index (χ1) is 10.2. The predicted molar refractivity (Wildman–Crippen MR) is 84.9 cm³/mol. The van der Waals surface area contributed by atoms with E-state index in [1.54, 1.807) is 31.8 Å². The molecule has 108 valence electrons. The molecule has 5 nitrogen and oxygen atoms in total. The SMILES string of the molecule is COc1cc2nc(/C=C/c3nccn3C)sc2cc1OC. The molecule has 0 aliphatic carbocycles. The van der Waals surface area contributed by atoms with Crippen LogP contribution in [-0.2, 0) is 7.05 Å². The molecule has 2 heterocycles. The summed E-state index contributed by atoms with van der Waals surface area (Å²) in [4.78, 5) is 8.84. The van der Waals surface area contributed by atoms with Crippen LogP contribution < -0.4 is 9.47 Å². The van der Waals surface area contributed by atoms with Crippen molar-refractivity contribution in [1.82, 2.24) is 14.5 Å². The van der Waals surface area contributed by atoms with Crippen molar-refractivity contribution in [3.05, 3.63) is 35.4 Å². The molecule has 0 amide bonds. The Labute approximate surface area is 126 Å². The minimum atomic E-state index is 0.690. The van der Waals surface area contributed by atoms with E-state index >= 15 is 0 Å². The van der Waals surface area contributed by atoms with Crippen LogP contribution in [0.15, 0.2) is 24.5 Å². The zero-order valence-corrected chi connectivity index (χ0v) is 12.8. The lowest BCUT2D eigenvalue weighted by atomic mass is 10.3. The standard InChI is InChI=1S/C15H15N3O2S/c1-18-7-6-16-14(18)4-5-15-17-10-8-11(19-2)12(20-3)9-13(10)21-15/h4-9H,1-3H3/b5-4+. The van der Waals surface area contributed by atoms with Gasteiger partial charge in [-0.1, -0.05) is 0 Å². The predicted octanol–water partition coefficient (Wildman–Crippen LogP) is 3.22. The highest BCUT2D eigenvalue weighted by molar-refractivity contribution is 7.19. The third-order valence-electron chi connectivity index (χ3n) is 3.14. The number of benzene rings is 1. The Morgan fingerprint density at radius 2 is 1.90 bits per heavy atom. The van der Waals surface area contributed by atoms with Crippen molar-refractivity contribution < 1.29 is 9.47 Å². The number of aromatic nitrogens is 3. The lowest BCUT2D eigenvalue weighted by molar-refractivity contribution is 0.356. The Bertz CT molecular complexity index is 763. The second kappa shape index (κ2) is 5.57. The minimum absolute atomic E-state index is 0.690. The highest BCUT2D eigenvalue weighted by atomic mass is 32.1. The van der Waals surface area contributed by atoms with Gasteiger partial charge in [0, 0.05) is 31.6 Å². The van der Waals surface area contributed by atoms with Gasteiger partial charge in [-0.15, -0.1) is 11.3 Å². The van der Waals surface area contributed by atoms with E-state index in [1.807, 2.05) is 42.1 Å². The average Bonchev–Trinajstić information content (AvgIpc) is 3.08. The highest BCUT2D eigenvalue weighted by Crippen LogP contribution is 2.35. The second-order valence-electron chi connectivity index (χ2n) is 4.46. The molecule has 3 aromatic rings. The van der Waals surface area contributed by atoms with Gasteiger partial charge in [-0.25, -0.2) is 9.97 Å². The monoisotopic (exact) mass is 301 g/mol. The van der Waals surface area contributed by atoms with Crippen molar-refractivity contribution in [1.29, 1.82) is 0 Å². The summed E-state index contributed by atoms with van der Waals surface area (Å²) < 4.78 is 13.6. The van der Waals surface area contributed by atoms with Crippen molar-refractivity contribution >= 4 is 33.7 Å². The van der Waals surface area contributed by atoms with Crippen LogP contribution in [0.1, 0.15) is 10.8 Å². The molecule has 1 aromatic carbocycles. The second-order valence-corrected chi connectivity index (χ2v) is 5.52. The van der Waals surface area contributed by atoms with Crippen LogP contribution in [0.5, 0.6) is 11.5 Å². The molecule has 0 saturated carbocycles. The van der Waals surface area contributed by atoms with Gasteiger partial charge in [0.05, 0.1) is 24.4 Å².